The largest absolute Gasteiger partial charge is 0.399 e. The zero-order chi connectivity index (χ0) is 11.0. The highest BCUT2D eigenvalue weighted by Crippen LogP contribution is 2.20. The van der Waals surface area contributed by atoms with Crippen LogP contribution in [0, 0.1) is 0 Å². The molecule has 0 aliphatic rings. The zero-order valence-corrected chi connectivity index (χ0v) is 8.67. The summed E-state index contributed by atoms with van der Waals surface area (Å²) in [5, 5.41) is 5.43. The molecule has 0 aliphatic carbocycles. The van der Waals surface area contributed by atoms with Gasteiger partial charge in [-0.3, -0.25) is 0 Å². The average molecular weight is 209 g/mol. The first-order valence-electron chi connectivity index (χ1n) is 5.13. The minimum atomic E-state index is 0.764. The fraction of sp³-hybridized carbons (Fsp3) is 0. The molecule has 78 valence electrons. The third-order valence-electron chi connectivity index (χ3n) is 2.59. The van der Waals surface area contributed by atoms with Crippen molar-refractivity contribution in [1.29, 1.82) is 0 Å². The van der Waals surface area contributed by atoms with Crippen molar-refractivity contribution in [2.75, 3.05) is 5.73 Å². The molecule has 3 rings (SSSR count). The smallest absolute Gasteiger partial charge is 0.0742 e. The number of nitrogen functional groups attached to an aromatic ring is 1. The molecule has 0 radical (unpaired) electrons. The lowest BCUT2D eigenvalue weighted by Crippen LogP contribution is -1.95. The normalized spacial score (nSPS) is 10.8. The second kappa shape index (κ2) is 3.38. The minimum Gasteiger partial charge on any atom is -0.399 e. The Morgan fingerprint density at radius 1 is 1.00 bits per heavy atom. The number of nitrogens with two attached hydrogens (primary N) is 1. The van der Waals surface area contributed by atoms with Gasteiger partial charge in [-0.25, -0.2) is 4.68 Å². The lowest BCUT2D eigenvalue weighted by Gasteiger charge is -2.02. The molecule has 0 spiro atoms. The van der Waals surface area contributed by atoms with E-state index in [1.54, 1.807) is 0 Å². The molecule has 0 aliphatic heterocycles. The summed E-state index contributed by atoms with van der Waals surface area (Å²) in [7, 11) is 0. The van der Waals surface area contributed by atoms with Gasteiger partial charge in [0.15, 0.2) is 0 Å². The van der Waals surface area contributed by atoms with Crippen LogP contribution in [0.4, 0.5) is 5.69 Å². The summed E-state index contributed by atoms with van der Waals surface area (Å²) in [6.45, 7) is 0. The summed E-state index contributed by atoms with van der Waals surface area (Å²) in [6.07, 6.45) is 1.83. The molecule has 0 saturated carbocycles. The first-order chi connectivity index (χ1) is 7.84. The van der Waals surface area contributed by atoms with Gasteiger partial charge in [-0.05, 0) is 30.3 Å². The van der Waals surface area contributed by atoms with E-state index in [9.17, 15) is 0 Å². The second-order valence-electron chi connectivity index (χ2n) is 3.71. The maximum Gasteiger partial charge on any atom is 0.0742 e. The average Bonchev–Trinajstić information content (AvgIpc) is 2.73. The van der Waals surface area contributed by atoms with Crippen molar-refractivity contribution in [1.82, 2.24) is 9.78 Å². The lowest BCUT2D eigenvalue weighted by molar-refractivity contribution is 0.911. The number of rotatable bonds is 1. The summed E-state index contributed by atoms with van der Waals surface area (Å²) in [5.74, 6) is 0. The maximum absolute atomic E-state index is 5.73. The Kier molecular flexibility index (Phi) is 1.90. The molecule has 1 aromatic heterocycles. The van der Waals surface area contributed by atoms with Crippen molar-refractivity contribution < 1.29 is 0 Å². The monoisotopic (exact) mass is 209 g/mol. The Labute approximate surface area is 93.1 Å². The third-order valence-corrected chi connectivity index (χ3v) is 2.59. The van der Waals surface area contributed by atoms with Crippen LogP contribution in [0.15, 0.2) is 54.7 Å². The number of benzene rings is 2. The van der Waals surface area contributed by atoms with E-state index >= 15 is 0 Å². The van der Waals surface area contributed by atoms with Crippen LogP contribution in [-0.4, -0.2) is 9.78 Å². The van der Waals surface area contributed by atoms with Crippen molar-refractivity contribution in [3.63, 3.8) is 0 Å². The van der Waals surface area contributed by atoms with E-state index in [2.05, 4.69) is 5.10 Å². The van der Waals surface area contributed by atoms with Crippen LogP contribution in [0.1, 0.15) is 0 Å². The van der Waals surface area contributed by atoms with E-state index in [4.69, 9.17) is 5.73 Å². The Morgan fingerprint density at radius 2 is 1.81 bits per heavy atom. The van der Waals surface area contributed by atoms with Gasteiger partial charge < -0.3 is 5.73 Å². The lowest BCUT2D eigenvalue weighted by atomic mass is 10.2. The number of aromatic nitrogens is 2. The molecule has 1 heterocycles. The summed E-state index contributed by atoms with van der Waals surface area (Å²) in [5.41, 5.74) is 8.63. The minimum absolute atomic E-state index is 0.764. The van der Waals surface area contributed by atoms with E-state index in [0.717, 1.165) is 22.3 Å². The van der Waals surface area contributed by atoms with Gasteiger partial charge in [0.1, 0.15) is 0 Å². The zero-order valence-electron chi connectivity index (χ0n) is 8.67. The van der Waals surface area contributed by atoms with Crippen molar-refractivity contribution >= 4 is 16.6 Å². The molecular weight excluding hydrogens is 198 g/mol. The van der Waals surface area contributed by atoms with Gasteiger partial charge in [-0.1, -0.05) is 18.2 Å². The number of nitrogens with zero attached hydrogens (tertiary/aromatic N) is 2. The Morgan fingerprint density at radius 3 is 2.62 bits per heavy atom. The molecule has 0 saturated heterocycles. The van der Waals surface area contributed by atoms with Gasteiger partial charge in [-0.15, -0.1) is 0 Å². The van der Waals surface area contributed by atoms with Crippen LogP contribution >= 0.6 is 0 Å². The van der Waals surface area contributed by atoms with E-state index in [-0.39, 0.29) is 0 Å². The van der Waals surface area contributed by atoms with E-state index in [1.165, 1.54) is 0 Å². The van der Waals surface area contributed by atoms with Gasteiger partial charge in [0.05, 0.1) is 17.4 Å². The fourth-order valence-electron chi connectivity index (χ4n) is 1.83. The van der Waals surface area contributed by atoms with Crippen LogP contribution in [0.5, 0.6) is 0 Å². The van der Waals surface area contributed by atoms with Gasteiger partial charge >= 0.3 is 0 Å². The molecule has 0 unspecified atom stereocenters. The first kappa shape index (κ1) is 8.97. The Hall–Kier alpha value is -2.29. The van der Waals surface area contributed by atoms with Gasteiger partial charge in [0.2, 0.25) is 0 Å². The molecule has 3 nitrogen and oxygen atoms in total. The van der Waals surface area contributed by atoms with Crippen molar-refractivity contribution in [2.45, 2.75) is 0 Å². The standard InChI is InChI=1S/C13H11N3/c14-11-6-7-13-10(8-11)9-15-16(13)12-4-2-1-3-5-12/h1-9H,14H2. The quantitative estimate of drug-likeness (QED) is 0.626. The number of anilines is 1. The maximum atomic E-state index is 5.73. The van der Waals surface area contributed by atoms with Gasteiger partial charge in [0, 0.05) is 11.1 Å². The number of hydrogen-bond donors (Lipinski definition) is 1. The van der Waals surface area contributed by atoms with Gasteiger partial charge in [0.25, 0.3) is 0 Å². The highest BCUT2D eigenvalue weighted by Gasteiger charge is 2.03. The van der Waals surface area contributed by atoms with Crippen LogP contribution in [-0.2, 0) is 0 Å². The molecule has 0 atom stereocenters. The highest BCUT2D eigenvalue weighted by atomic mass is 15.3. The Bertz CT molecular complexity index is 626. The van der Waals surface area contributed by atoms with Crippen LogP contribution < -0.4 is 5.73 Å². The molecule has 3 aromatic rings. The van der Waals surface area contributed by atoms with Crippen molar-refractivity contribution in [2.24, 2.45) is 0 Å². The molecule has 0 bridgehead atoms. The third kappa shape index (κ3) is 1.34. The van der Waals surface area contributed by atoms with E-state index in [1.807, 2.05) is 59.4 Å². The summed E-state index contributed by atoms with van der Waals surface area (Å²) >= 11 is 0. The van der Waals surface area contributed by atoms with Crippen LogP contribution in [0.2, 0.25) is 0 Å². The SMILES string of the molecule is Nc1ccc2c(cnn2-c2ccccc2)c1. The number of fused-ring (bicyclic) bond motifs is 1. The predicted molar refractivity (Wildman–Crippen MR) is 65.5 cm³/mol. The fourth-order valence-corrected chi connectivity index (χ4v) is 1.83. The predicted octanol–water partition coefficient (Wildman–Crippen LogP) is 2.61. The summed E-state index contributed by atoms with van der Waals surface area (Å²) in [6, 6.07) is 15.9. The molecule has 0 fully saturated rings. The molecular formula is C13H11N3. The molecule has 0 amide bonds. The molecule has 16 heavy (non-hydrogen) atoms. The van der Waals surface area contributed by atoms with E-state index in [0.29, 0.717) is 0 Å². The molecule has 2 N–H and O–H groups in total. The Balaban J connectivity index is 2.26. The van der Waals surface area contributed by atoms with Crippen molar-refractivity contribution in [3.05, 3.63) is 54.7 Å². The summed E-state index contributed by atoms with van der Waals surface area (Å²) in [4.78, 5) is 0. The first-order valence-corrected chi connectivity index (χ1v) is 5.13. The number of hydrogen-bond acceptors (Lipinski definition) is 2. The van der Waals surface area contributed by atoms with Crippen LogP contribution in [0.3, 0.4) is 0 Å². The molecule has 3 heteroatoms. The topological polar surface area (TPSA) is 43.8 Å². The second-order valence-corrected chi connectivity index (χ2v) is 3.71. The number of para-hydroxylation sites is 1. The highest BCUT2D eigenvalue weighted by molar-refractivity contribution is 5.83. The molecule has 2 aromatic carbocycles. The van der Waals surface area contributed by atoms with Crippen LogP contribution in [0.25, 0.3) is 16.6 Å². The van der Waals surface area contributed by atoms with Crippen molar-refractivity contribution in [3.8, 4) is 5.69 Å². The van der Waals surface area contributed by atoms with Gasteiger partial charge in [-0.2, -0.15) is 5.10 Å². The summed E-state index contributed by atoms with van der Waals surface area (Å²) < 4.78 is 1.91. The van der Waals surface area contributed by atoms with E-state index < -0.39 is 0 Å².